The van der Waals surface area contributed by atoms with Crippen LogP contribution in [-0.4, -0.2) is 17.6 Å². The van der Waals surface area contributed by atoms with Gasteiger partial charge in [0, 0.05) is 29.7 Å². The molecule has 0 saturated carbocycles. The van der Waals surface area contributed by atoms with Crippen LogP contribution in [0.15, 0.2) is 41.9 Å². The number of carbonyl (C=O) groups is 1. The van der Waals surface area contributed by atoms with Gasteiger partial charge in [-0.3, -0.25) is 4.98 Å². The van der Waals surface area contributed by atoms with Crippen molar-refractivity contribution in [1.29, 1.82) is 0 Å². The number of urea groups is 1. The number of hydrogen-bond acceptors (Lipinski definition) is 3. The average Bonchev–Trinajstić information content (AvgIpc) is 3.00. The second-order valence-corrected chi connectivity index (χ2v) is 5.43. The van der Waals surface area contributed by atoms with Crippen LogP contribution in [0.25, 0.3) is 0 Å². The van der Waals surface area contributed by atoms with Crippen molar-refractivity contribution in [3.8, 4) is 0 Å². The first-order valence-electron chi connectivity index (χ1n) is 6.77. The van der Waals surface area contributed by atoms with Gasteiger partial charge in [-0.1, -0.05) is 19.1 Å². The maximum absolute atomic E-state index is 11.9. The Balaban J connectivity index is 1.75. The van der Waals surface area contributed by atoms with Crippen LogP contribution in [0.3, 0.4) is 0 Å². The highest BCUT2D eigenvalue weighted by Gasteiger charge is 2.12. The van der Waals surface area contributed by atoms with Gasteiger partial charge in [-0.25, -0.2) is 4.79 Å². The molecule has 0 spiro atoms. The van der Waals surface area contributed by atoms with Crippen LogP contribution in [0.1, 0.15) is 30.0 Å². The fraction of sp³-hybridized carbons (Fsp3) is 0.333. The topological polar surface area (TPSA) is 54.0 Å². The minimum Gasteiger partial charge on any atom is -0.338 e. The molecule has 0 aliphatic carbocycles. The molecular formula is C15H19N3OS. The summed E-state index contributed by atoms with van der Waals surface area (Å²) in [6.45, 7) is 2.66. The fourth-order valence-electron chi connectivity index (χ4n) is 1.92. The summed E-state index contributed by atoms with van der Waals surface area (Å²) in [6, 6.07) is 9.81. The highest BCUT2D eigenvalue weighted by atomic mass is 32.1. The van der Waals surface area contributed by atoms with Gasteiger partial charge in [-0.05, 0) is 30.0 Å². The van der Waals surface area contributed by atoms with Crippen molar-refractivity contribution in [3.05, 3.63) is 52.5 Å². The van der Waals surface area contributed by atoms with Gasteiger partial charge in [0.1, 0.15) is 0 Å². The summed E-state index contributed by atoms with van der Waals surface area (Å²) in [5.41, 5.74) is 0.984. The van der Waals surface area contributed by atoms with Gasteiger partial charge < -0.3 is 10.6 Å². The summed E-state index contributed by atoms with van der Waals surface area (Å²) in [7, 11) is 0. The third kappa shape index (κ3) is 4.35. The van der Waals surface area contributed by atoms with Gasteiger partial charge >= 0.3 is 6.03 Å². The Hall–Kier alpha value is -1.88. The number of carbonyl (C=O) groups excluding carboxylic acids is 1. The summed E-state index contributed by atoms with van der Waals surface area (Å²) in [6.07, 6.45) is 3.39. The average molecular weight is 289 g/mol. The van der Waals surface area contributed by atoms with Crippen molar-refractivity contribution in [2.45, 2.75) is 25.8 Å². The summed E-state index contributed by atoms with van der Waals surface area (Å²) >= 11 is 1.67. The van der Waals surface area contributed by atoms with E-state index in [1.807, 2.05) is 35.7 Å². The van der Waals surface area contributed by atoms with Gasteiger partial charge in [-0.2, -0.15) is 0 Å². The van der Waals surface area contributed by atoms with E-state index >= 15 is 0 Å². The molecular weight excluding hydrogens is 270 g/mol. The first-order chi connectivity index (χ1) is 9.79. The minimum absolute atomic E-state index is 0.0878. The van der Waals surface area contributed by atoms with Crippen LogP contribution in [0, 0.1) is 0 Å². The first kappa shape index (κ1) is 14.5. The highest BCUT2D eigenvalue weighted by molar-refractivity contribution is 7.10. The summed E-state index contributed by atoms with van der Waals surface area (Å²) < 4.78 is 0. The molecule has 1 unspecified atom stereocenters. The summed E-state index contributed by atoms with van der Waals surface area (Å²) in [4.78, 5) is 17.3. The molecule has 0 aliphatic rings. The van der Waals surface area contributed by atoms with Crippen LogP contribution in [0.5, 0.6) is 0 Å². The number of amides is 2. The zero-order valence-corrected chi connectivity index (χ0v) is 12.3. The standard InChI is InChI=1S/C15H19N3OS/c1-2-13(14-7-5-11-20-14)18-15(19)17-10-8-12-6-3-4-9-16-12/h3-7,9,11,13H,2,8,10H2,1H3,(H2,17,18,19). The number of thiophene rings is 1. The third-order valence-corrected chi connectivity index (χ3v) is 3.98. The van der Waals surface area contributed by atoms with Crippen LogP contribution in [0.2, 0.25) is 0 Å². The van der Waals surface area contributed by atoms with Gasteiger partial charge in [0.15, 0.2) is 0 Å². The Kier molecular flexibility index (Phi) is 5.55. The number of nitrogens with one attached hydrogen (secondary N) is 2. The maximum Gasteiger partial charge on any atom is 0.315 e. The van der Waals surface area contributed by atoms with E-state index in [-0.39, 0.29) is 12.1 Å². The molecule has 1 atom stereocenters. The third-order valence-electron chi connectivity index (χ3n) is 2.99. The van der Waals surface area contributed by atoms with Crippen LogP contribution in [-0.2, 0) is 6.42 Å². The van der Waals surface area contributed by atoms with Gasteiger partial charge in [-0.15, -0.1) is 11.3 Å². The SMILES string of the molecule is CCC(NC(=O)NCCc1ccccn1)c1cccs1. The maximum atomic E-state index is 11.9. The largest absolute Gasteiger partial charge is 0.338 e. The van der Waals surface area contributed by atoms with E-state index in [2.05, 4.69) is 22.5 Å². The zero-order chi connectivity index (χ0) is 14.2. The second-order valence-electron chi connectivity index (χ2n) is 4.45. The lowest BCUT2D eigenvalue weighted by Crippen LogP contribution is -2.38. The molecule has 2 heterocycles. The predicted octanol–water partition coefficient (Wildman–Crippen LogP) is 3.14. The molecule has 5 heteroatoms. The monoisotopic (exact) mass is 289 g/mol. The number of pyridine rings is 1. The molecule has 2 amide bonds. The van der Waals surface area contributed by atoms with Gasteiger partial charge in [0.2, 0.25) is 0 Å². The Bertz CT molecular complexity index is 513. The van der Waals surface area contributed by atoms with E-state index in [0.29, 0.717) is 6.54 Å². The number of hydrogen-bond donors (Lipinski definition) is 2. The highest BCUT2D eigenvalue weighted by Crippen LogP contribution is 2.21. The molecule has 2 aromatic heterocycles. The lowest BCUT2D eigenvalue weighted by Gasteiger charge is -2.16. The molecule has 0 saturated heterocycles. The Labute approximate surface area is 123 Å². The molecule has 0 aliphatic heterocycles. The van der Waals surface area contributed by atoms with E-state index in [4.69, 9.17) is 0 Å². The molecule has 0 aromatic carbocycles. The smallest absolute Gasteiger partial charge is 0.315 e. The fourth-order valence-corrected chi connectivity index (χ4v) is 2.78. The Morgan fingerprint density at radius 2 is 2.25 bits per heavy atom. The molecule has 0 fully saturated rings. The second kappa shape index (κ2) is 7.65. The lowest BCUT2D eigenvalue weighted by atomic mass is 10.2. The van der Waals surface area contributed by atoms with Crippen molar-refractivity contribution in [3.63, 3.8) is 0 Å². The number of nitrogens with zero attached hydrogens (tertiary/aromatic N) is 1. The Morgan fingerprint density at radius 1 is 1.35 bits per heavy atom. The molecule has 106 valence electrons. The molecule has 0 radical (unpaired) electrons. The van der Waals surface area contributed by atoms with Crippen LogP contribution < -0.4 is 10.6 Å². The quantitative estimate of drug-likeness (QED) is 0.858. The van der Waals surface area contributed by atoms with Crippen molar-refractivity contribution in [2.24, 2.45) is 0 Å². The minimum atomic E-state index is -0.124. The van der Waals surface area contributed by atoms with E-state index in [9.17, 15) is 4.79 Å². The van der Waals surface area contributed by atoms with E-state index < -0.39 is 0 Å². The molecule has 2 rings (SSSR count). The van der Waals surface area contributed by atoms with Crippen molar-refractivity contribution in [2.75, 3.05) is 6.54 Å². The first-order valence-corrected chi connectivity index (χ1v) is 7.65. The summed E-state index contributed by atoms with van der Waals surface area (Å²) in [5.74, 6) is 0. The summed E-state index contributed by atoms with van der Waals surface area (Å²) in [5, 5.41) is 7.89. The molecule has 0 bridgehead atoms. The van der Waals surface area contributed by atoms with E-state index in [1.165, 1.54) is 4.88 Å². The van der Waals surface area contributed by atoms with Crippen molar-refractivity contribution in [1.82, 2.24) is 15.6 Å². The van der Waals surface area contributed by atoms with Crippen LogP contribution in [0.4, 0.5) is 4.79 Å². The molecule has 4 nitrogen and oxygen atoms in total. The molecule has 2 N–H and O–H groups in total. The number of rotatable bonds is 6. The Morgan fingerprint density at radius 3 is 2.90 bits per heavy atom. The zero-order valence-electron chi connectivity index (χ0n) is 11.5. The van der Waals surface area contributed by atoms with Crippen molar-refractivity contribution < 1.29 is 4.79 Å². The molecule has 2 aromatic rings. The van der Waals surface area contributed by atoms with Crippen molar-refractivity contribution >= 4 is 17.4 Å². The molecule has 20 heavy (non-hydrogen) atoms. The van der Waals surface area contributed by atoms with Gasteiger partial charge in [0.25, 0.3) is 0 Å². The normalized spacial score (nSPS) is 11.8. The van der Waals surface area contributed by atoms with E-state index in [1.54, 1.807) is 17.5 Å². The lowest BCUT2D eigenvalue weighted by molar-refractivity contribution is 0.237. The van der Waals surface area contributed by atoms with Gasteiger partial charge in [0.05, 0.1) is 6.04 Å². The number of aromatic nitrogens is 1. The van der Waals surface area contributed by atoms with E-state index in [0.717, 1.165) is 18.5 Å². The van der Waals surface area contributed by atoms with Crippen LogP contribution >= 0.6 is 11.3 Å². The predicted molar refractivity (Wildman–Crippen MR) is 81.8 cm³/mol.